The van der Waals surface area contributed by atoms with Gasteiger partial charge in [-0.1, -0.05) is 19.0 Å². The van der Waals surface area contributed by atoms with Gasteiger partial charge in [0.2, 0.25) is 0 Å². The van der Waals surface area contributed by atoms with Crippen LogP contribution in [0.4, 0.5) is 8.78 Å². The third-order valence-electron chi connectivity index (χ3n) is 2.67. The molecule has 7 heteroatoms. The largest absolute Gasteiger partial charge is 0.359 e. The van der Waals surface area contributed by atoms with Crippen LogP contribution in [0.2, 0.25) is 0 Å². The summed E-state index contributed by atoms with van der Waals surface area (Å²) in [6.07, 6.45) is 1.55. The van der Waals surface area contributed by atoms with Crippen LogP contribution >= 0.6 is 0 Å². The molecule has 0 saturated heterocycles. The van der Waals surface area contributed by atoms with Gasteiger partial charge in [-0.15, -0.1) is 0 Å². The molecule has 0 bridgehead atoms. The van der Waals surface area contributed by atoms with Crippen LogP contribution in [0.15, 0.2) is 22.9 Å². The Balaban J connectivity index is 1.96. The van der Waals surface area contributed by atoms with Crippen LogP contribution in [-0.4, -0.2) is 16.0 Å². The summed E-state index contributed by atoms with van der Waals surface area (Å²) in [5, 5.41) is 6.32. The molecule has 0 aromatic carbocycles. The first-order chi connectivity index (χ1) is 9.95. The summed E-state index contributed by atoms with van der Waals surface area (Å²) >= 11 is 0. The Morgan fingerprint density at radius 1 is 1.38 bits per heavy atom. The molecule has 1 N–H and O–H groups in total. The van der Waals surface area contributed by atoms with Crippen LogP contribution in [0, 0.1) is 17.6 Å². The molecule has 2 aromatic rings. The quantitative estimate of drug-likeness (QED) is 0.920. The fraction of sp³-hybridized carbons (Fsp3) is 0.357. The second-order valence-electron chi connectivity index (χ2n) is 5.05. The van der Waals surface area contributed by atoms with Crippen molar-refractivity contribution in [2.45, 2.75) is 26.8 Å². The molecule has 1 amide bonds. The number of carbonyl (C=O) groups excluding carboxylic acids is 1. The van der Waals surface area contributed by atoms with E-state index in [9.17, 15) is 13.6 Å². The first kappa shape index (κ1) is 15.1. The Kier molecular flexibility index (Phi) is 4.62. The maximum atomic E-state index is 13.4. The molecule has 0 spiro atoms. The number of rotatable bonds is 5. The van der Waals surface area contributed by atoms with E-state index in [0.717, 1.165) is 18.3 Å². The van der Waals surface area contributed by atoms with Gasteiger partial charge in [0.1, 0.15) is 5.82 Å². The summed E-state index contributed by atoms with van der Waals surface area (Å²) in [4.78, 5) is 15.2. The summed E-state index contributed by atoms with van der Waals surface area (Å²) in [6.45, 7) is 4.17. The second-order valence-corrected chi connectivity index (χ2v) is 5.05. The molecule has 0 aliphatic heterocycles. The summed E-state index contributed by atoms with van der Waals surface area (Å²) < 4.78 is 31.1. The topological polar surface area (TPSA) is 68.0 Å². The average molecular weight is 295 g/mol. The standard InChI is InChI=1S/C14H15F2N3O2/c1-8(2)3-10-5-11(21-19-10)7-18-14(20)13-12(16)4-9(15)6-17-13/h4-6,8H,3,7H2,1-2H3,(H,18,20). The normalized spacial score (nSPS) is 10.9. The van der Waals surface area contributed by atoms with Crippen LogP contribution in [-0.2, 0) is 13.0 Å². The van der Waals surface area contributed by atoms with E-state index in [1.54, 1.807) is 6.07 Å². The van der Waals surface area contributed by atoms with Crippen molar-refractivity contribution in [3.05, 3.63) is 47.1 Å². The van der Waals surface area contributed by atoms with Gasteiger partial charge in [0, 0.05) is 12.1 Å². The summed E-state index contributed by atoms with van der Waals surface area (Å²) in [6, 6.07) is 2.34. The molecule has 0 saturated carbocycles. The lowest BCUT2D eigenvalue weighted by Gasteiger charge is -2.03. The third-order valence-corrected chi connectivity index (χ3v) is 2.67. The van der Waals surface area contributed by atoms with Gasteiger partial charge in [0.25, 0.3) is 5.91 Å². The second kappa shape index (κ2) is 6.43. The van der Waals surface area contributed by atoms with Crippen LogP contribution in [0.3, 0.4) is 0 Å². The molecule has 0 unspecified atom stereocenters. The highest BCUT2D eigenvalue weighted by molar-refractivity contribution is 5.92. The van der Waals surface area contributed by atoms with Crippen LogP contribution in [0.25, 0.3) is 0 Å². The number of carbonyl (C=O) groups is 1. The number of pyridine rings is 1. The van der Waals surface area contributed by atoms with E-state index in [1.165, 1.54) is 0 Å². The van der Waals surface area contributed by atoms with E-state index in [-0.39, 0.29) is 6.54 Å². The van der Waals surface area contributed by atoms with Gasteiger partial charge in [0.15, 0.2) is 17.3 Å². The zero-order valence-electron chi connectivity index (χ0n) is 11.7. The molecule has 5 nitrogen and oxygen atoms in total. The fourth-order valence-corrected chi connectivity index (χ4v) is 1.79. The van der Waals surface area contributed by atoms with Crippen molar-refractivity contribution in [3.8, 4) is 0 Å². The number of aromatic nitrogens is 2. The summed E-state index contributed by atoms with van der Waals surface area (Å²) in [5.74, 6) is -1.69. The first-order valence-corrected chi connectivity index (χ1v) is 6.49. The smallest absolute Gasteiger partial charge is 0.273 e. The minimum atomic E-state index is -1.01. The highest BCUT2D eigenvalue weighted by Crippen LogP contribution is 2.10. The van der Waals surface area contributed by atoms with E-state index in [0.29, 0.717) is 17.7 Å². The molecule has 112 valence electrons. The average Bonchev–Trinajstić information content (AvgIpc) is 2.82. The Labute approximate surface area is 120 Å². The Morgan fingerprint density at radius 3 is 2.81 bits per heavy atom. The maximum absolute atomic E-state index is 13.4. The van der Waals surface area contributed by atoms with Crippen molar-refractivity contribution >= 4 is 5.91 Å². The minimum absolute atomic E-state index is 0.0580. The Morgan fingerprint density at radius 2 is 2.14 bits per heavy atom. The van der Waals surface area contributed by atoms with E-state index in [4.69, 9.17) is 4.52 Å². The number of nitrogens with zero attached hydrogens (tertiary/aromatic N) is 2. The number of nitrogens with one attached hydrogen (secondary N) is 1. The third kappa shape index (κ3) is 4.08. The Bertz CT molecular complexity index is 641. The molecular weight excluding hydrogens is 280 g/mol. The SMILES string of the molecule is CC(C)Cc1cc(CNC(=O)c2ncc(F)cc2F)on1. The van der Waals surface area contributed by atoms with Gasteiger partial charge in [-0.05, 0) is 12.3 Å². The van der Waals surface area contributed by atoms with E-state index in [2.05, 4.69) is 29.3 Å². The van der Waals surface area contributed by atoms with Crippen molar-refractivity contribution in [2.75, 3.05) is 0 Å². The molecule has 2 heterocycles. The summed E-state index contributed by atoms with van der Waals surface area (Å²) in [7, 11) is 0. The highest BCUT2D eigenvalue weighted by Gasteiger charge is 2.15. The summed E-state index contributed by atoms with van der Waals surface area (Å²) in [5.41, 5.74) is 0.332. The van der Waals surface area contributed by atoms with Crippen molar-refractivity contribution in [1.82, 2.24) is 15.5 Å². The highest BCUT2D eigenvalue weighted by atomic mass is 19.1. The van der Waals surface area contributed by atoms with Crippen LogP contribution in [0.5, 0.6) is 0 Å². The molecule has 0 aliphatic rings. The zero-order valence-corrected chi connectivity index (χ0v) is 11.7. The van der Waals surface area contributed by atoms with Crippen molar-refractivity contribution in [2.24, 2.45) is 5.92 Å². The van der Waals surface area contributed by atoms with Gasteiger partial charge in [-0.25, -0.2) is 13.8 Å². The molecule has 21 heavy (non-hydrogen) atoms. The zero-order chi connectivity index (χ0) is 15.4. The van der Waals surface area contributed by atoms with Crippen molar-refractivity contribution in [1.29, 1.82) is 0 Å². The molecule has 0 aliphatic carbocycles. The lowest BCUT2D eigenvalue weighted by molar-refractivity contribution is 0.0937. The minimum Gasteiger partial charge on any atom is -0.359 e. The maximum Gasteiger partial charge on any atom is 0.273 e. The molecule has 0 fully saturated rings. The number of hydrogen-bond donors (Lipinski definition) is 1. The number of hydrogen-bond acceptors (Lipinski definition) is 4. The number of halogens is 2. The van der Waals surface area contributed by atoms with Crippen molar-refractivity contribution in [3.63, 3.8) is 0 Å². The Hall–Kier alpha value is -2.31. The molecule has 2 aromatic heterocycles. The van der Waals surface area contributed by atoms with E-state index >= 15 is 0 Å². The van der Waals surface area contributed by atoms with Gasteiger partial charge in [-0.2, -0.15) is 0 Å². The monoisotopic (exact) mass is 295 g/mol. The molecule has 0 radical (unpaired) electrons. The number of amides is 1. The predicted octanol–water partition coefficient (Wildman–Crippen LogP) is 2.48. The van der Waals surface area contributed by atoms with E-state index < -0.39 is 23.2 Å². The first-order valence-electron chi connectivity index (χ1n) is 6.49. The van der Waals surface area contributed by atoms with Gasteiger partial charge >= 0.3 is 0 Å². The van der Waals surface area contributed by atoms with Gasteiger partial charge < -0.3 is 9.84 Å². The molecule has 0 atom stereocenters. The van der Waals surface area contributed by atoms with Gasteiger partial charge in [-0.3, -0.25) is 4.79 Å². The molecule has 2 rings (SSSR count). The van der Waals surface area contributed by atoms with E-state index in [1.807, 2.05) is 0 Å². The lowest BCUT2D eigenvalue weighted by atomic mass is 10.1. The van der Waals surface area contributed by atoms with Gasteiger partial charge in [0.05, 0.1) is 18.4 Å². The fourth-order valence-electron chi connectivity index (χ4n) is 1.79. The van der Waals surface area contributed by atoms with Crippen molar-refractivity contribution < 1.29 is 18.1 Å². The predicted molar refractivity (Wildman–Crippen MR) is 70.4 cm³/mol. The molecular formula is C14H15F2N3O2. The van der Waals surface area contributed by atoms with Crippen LogP contribution in [0.1, 0.15) is 35.8 Å². The lowest BCUT2D eigenvalue weighted by Crippen LogP contribution is -2.24. The van der Waals surface area contributed by atoms with Crippen LogP contribution < -0.4 is 5.32 Å².